The van der Waals surface area contributed by atoms with E-state index in [1.54, 1.807) is 16.8 Å². The summed E-state index contributed by atoms with van der Waals surface area (Å²) < 4.78 is 14.9. The van der Waals surface area contributed by atoms with Crippen LogP contribution in [0.4, 0.5) is 4.39 Å². The van der Waals surface area contributed by atoms with E-state index in [0.717, 1.165) is 29.7 Å². The fraction of sp³-hybridized carbons (Fsp3) is 0.318. The van der Waals surface area contributed by atoms with Gasteiger partial charge in [0.25, 0.3) is 0 Å². The lowest BCUT2D eigenvalue weighted by atomic mass is 9.87. The molecule has 5 heteroatoms. The third-order valence-electron chi connectivity index (χ3n) is 5.32. The van der Waals surface area contributed by atoms with E-state index in [4.69, 9.17) is 11.6 Å². The molecule has 0 saturated carbocycles. The molecule has 1 heterocycles. The van der Waals surface area contributed by atoms with Crippen LogP contribution in [0.5, 0.6) is 0 Å². The van der Waals surface area contributed by atoms with Crippen molar-refractivity contribution in [1.82, 2.24) is 15.1 Å². The molecule has 0 amide bonds. The van der Waals surface area contributed by atoms with E-state index in [2.05, 4.69) is 34.7 Å². The first-order valence-electron chi connectivity index (χ1n) is 9.39. The number of hydrogen-bond acceptors (Lipinski definition) is 2. The molecular formula is C22H23ClFN3. The standard InChI is InChI=1S/C22H23ClFN3/c1-15-20(13-25-21-8-4-6-17-5-2-3-7-19(17)21)22(23)27(26-15)14-16-9-11-18(24)12-10-16/h2-3,5,7,9-12,21,25H,4,6,8,13-14H2,1H3. The van der Waals surface area contributed by atoms with E-state index < -0.39 is 0 Å². The Morgan fingerprint density at radius 1 is 1.19 bits per heavy atom. The van der Waals surface area contributed by atoms with E-state index >= 15 is 0 Å². The summed E-state index contributed by atoms with van der Waals surface area (Å²) in [4.78, 5) is 0. The molecular weight excluding hydrogens is 361 g/mol. The molecule has 27 heavy (non-hydrogen) atoms. The molecule has 0 saturated heterocycles. The Labute approximate surface area is 164 Å². The van der Waals surface area contributed by atoms with Gasteiger partial charge >= 0.3 is 0 Å². The van der Waals surface area contributed by atoms with Crippen molar-refractivity contribution in [3.05, 3.63) is 87.4 Å². The van der Waals surface area contributed by atoms with Crippen LogP contribution in [0.15, 0.2) is 48.5 Å². The number of hydrogen-bond donors (Lipinski definition) is 1. The molecule has 0 spiro atoms. The predicted molar refractivity (Wildman–Crippen MR) is 106 cm³/mol. The van der Waals surface area contributed by atoms with E-state index in [9.17, 15) is 4.39 Å². The molecule has 3 nitrogen and oxygen atoms in total. The lowest BCUT2D eigenvalue weighted by Crippen LogP contribution is -2.25. The number of nitrogens with zero attached hydrogens (tertiary/aromatic N) is 2. The number of aryl methyl sites for hydroxylation is 2. The topological polar surface area (TPSA) is 29.9 Å². The van der Waals surface area contributed by atoms with Gasteiger partial charge < -0.3 is 5.32 Å². The Hall–Kier alpha value is -2.17. The van der Waals surface area contributed by atoms with Crippen LogP contribution in [-0.2, 0) is 19.5 Å². The third kappa shape index (κ3) is 3.92. The fourth-order valence-electron chi connectivity index (χ4n) is 3.85. The molecule has 2 aromatic carbocycles. The quantitative estimate of drug-likeness (QED) is 0.656. The zero-order chi connectivity index (χ0) is 18.8. The van der Waals surface area contributed by atoms with Crippen molar-refractivity contribution >= 4 is 11.6 Å². The monoisotopic (exact) mass is 383 g/mol. The van der Waals surface area contributed by atoms with Gasteiger partial charge in [0.2, 0.25) is 0 Å². The average Bonchev–Trinajstić information content (AvgIpc) is 2.95. The van der Waals surface area contributed by atoms with Crippen molar-refractivity contribution in [3.8, 4) is 0 Å². The van der Waals surface area contributed by atoms with Crippen LogP contribution in [0.1, 0.15) is 46.8 Å². The molecule has 1 unspecified atom stereocenters. The molecule has 1 aromatic heterocycles. The molecule has 140 valence electrons. The number of aromatic nitrogens is 2. The molecule has 1 aliphatic rings. The molecule has 1 N–H and O–H groups in total. The highest BCUT2D eigenvalue weighted by Gasteiger charge is 2.21. The highest BCUT2D eigenvalue weighted by Crippen LogP contribution is 2.30. The summed E-state index contributed by atoms with van der Waals surface area (Å²) >= 11 is 6.62. The van der Waals surface area contributed by atoms with Crippen molar-refractivity contribution in [2.75, 3.05) is 0 Å². The molecule has 0 fully saturated rings. The van der Waals surface area contributed by atoms with Crippen molar-refractivity contribution in [3.63, 3.8) is 0 Å². The summed E-state index contributed by atoms with van der Waals surface area (Å²) in [6.07, 6.45) is 3.49. The Morgan fingerprint density at radius 2 is 1.96 bits per heavy atom. The van der Waals surface area contributed by atoms with Crippen LogP contribution >= 0.6 is 11.6 Å². The summed E-state index contributed by atoms with van der Waals surface area (Å²) in [6.45, 7) is 3.21. The SMILES string of the molecule is Cc1nn(Cc2ccc(F)cc2)c(Cl)c1CNC1CCCc2ccccc21. The normalized spacial score (nSPS) is 16.3. The largest absolute Gasteiger partial charge is 0.306 e. The second kappa shape index (κ2) is 7.83. The summed E-state index contributed by atoms with van der Waals surface area (Å²) in [5, 5.41) is 8.91. The van der Waals surface area contributed by atoms with Crippen molar-refractivity contribution < 1.29 is 4.39 Å². The van der Waals surface area contributed by atoms with Crippen LogP contribution < -0.4 is 5.32 Å². The van der Waals surface area contributed by atoms with Gasteiger partial charge in [0.05, 0.1) is 12.2 Å². The lowest BCUT2D eigenvalue weighted by molar-refractivity contribution is 0.458. The van der Waals surface area contributed by atoms with Gasteiger partial charge in [0.15, 0.2) is 0 Å². The Balaban J connectivity index is 1.49. The Kier molecular flexibility index (Phi) is 5.28. The van der Waals surface area contributed by atoms with E-state index in [1.165, 1.54) is 29.7 Å². The lowest BCUT2D eigenvalue weighted by Gasteiger charge is -2.26. The Morgan fingerprint density at radius 3 is 2.78 bits per heavy atom. The van der Waals surface area contributed by atoms with Gasteiger partial charge in [-0.1, -0.05) is 48.0 Å². The molecule has 0 radical (unpaired) electrons. The van der Waals surface area contributed by atoms with Crippen molar-refractivity contribution in [2.24, 2.45) is 0 Å². The van der Waals surface area contributed by atoms with Gasteiger partial charge in [-0.25, -0.2) is 9.07 Å². The van der Waals surface area contributed by atoms with Crippen molar-refractivity contribution in [2.45, 2.75) is 45.3 Å². The maximum absolute atomic E-state index is 13.1. The molecule has 3 aromatic rings. The smallest absolute Gasteiger partial charge is 0.132 e. The van der Waals surface area contributed by atoms with Crippen LogP contribution in [0.2, 0.25) is 5.15 Å². The first-order valence-corrected chi connectivity index (χ1v) is 9.77. The number of benzene rings is 2. The van der Waals surface area contributed by atoms with Crippen LogP contribution in [0.3, 0.4) is 0 Å². The number of fused-ring (bicyclic) bond motifs is 1. The summed E-state index contributed by atoms with van der Waals surface area (Å²) in [6, 6.07) is 15.5. The highest BCUT2D eigenvalue weighted by molar-refractivity contribution is 6.30. The summed E-state index contributed by atoms with van der Waals surface area (Å²) in [5.74, 6) is -0.237. The highest BCUT2D eigenvalue weighted by atomic mass is 35.5. The van der Waals surface area contributed by atoms with E-state index in [0.29, 0.717) is 24.3 Å². The third-order valence-corrected chi connectivity index (χ3v) is 5.75. The first-order chi connectivity index (χ1) is 13.1. The summed E-state index contributed by atoms with van der Waals surface area (Å²) in [7, 11) is 0. The second-order valence-electron chi connectivity index (χ2n) is 7.16. The zero-order valence-electron chi connectivity index (χ0n) is 15.4. The van der Waals surface area contributed by atoms with Crippen LogP contribution in [0, 0.1) is 12.7 Å². The fourth-order valence-corrected chi connectivity index (χ4v) is 4.15. The molecule has 0 aliphatic heterocycles. The van der Waals surface area contributed by atoms with Gasteiger partial charge in [0.1, 0.15) is 11.0 Å². The maximum Gasteiger partial charge on any atom is 0.132 e. The number of nitrogens with one attached hydrogen (secondary N) is 1. The van der Waals surface area contributed by atoms with Gasteiger partial charge in [0, 0.05) is 18.2 Å². The number of rotatable bonds is 5. The summed E-state index contributed by atoms with van der Waals surface area (Å²) in [5.41, 5.74) is 5.77. The minimum absolute atomic E-state index is 0.237. The van der Waals surface area contributed by atoms with Gasteiger partial charge in [-0.05, 0) is 55.0 Å². The Bertz CT molecular complexity index is 933. The molecule has 4 rings (SSSR count). The number of halogens is 2. The van der Waals surface area contributed by atoms with Crippen LogP contribution in [0.25, 0.3) is 0 Å². The molecule has 1 atom stereocenters. The zero-order valence-corrected chi connectivity index (χ0v) is 16.1. The minimum Gasteiger partial charge on any atom is -0.306 e. The van der Waals surface area contributed by atoms with Gasteiger partial charge in [-0.3, -0.25) is 0 Å². The van der Waals surface area contributed by atoms with Gasteiger partial charge in [-0.2, -0.15) is 5.10 Å². The van der Waals surface area contributed by atoms with Gasteiger partial charge in [-0.15, -0.1) is 0 Å². The van der Waals surface area contributed by atoms with Crippen molar-refractivity contribution in [1.29, 1.82) is 0 Å². The van der Waals surface area contributed by atoms with E-state index in [1.807, 2.05) is 6.92 Å². The predicted octanol–water partition coefficient (Wildman–Crippen LogP) is 5.20. The molecule has 0 bridgehead atoms. The minimum atomic E-state index is -0.237. The van der Waals surface area contributed by atoms with E-state index in [-0.39, 0.29) is 5.82 Å². The maximum atomic E-state index is 13.1. The first kappa shape index (κ1) is 18.2. The molecule has 1 aliphatic carbocycles. The van der Waals surface area contributed by atoms with Crippen LogP contribution in [-0.4, -0.2) is 9.78 Å². The second-order valence-corrected chi connectivity index (χ2v) is 7.52. The average molecular weight is 384 g/mol.